The maximum absolute atomic E-state index is 11.6. The van der Waals surface area contributed by atoms with Gasteiger partial charge in [0, 0.05) is 31.4 Å². The zero-order valence-corrected chi connectivity index (χ0v) is 10.8. The molecule has 2 heterocycles. The second-order valence-corrected chi connectivity index (χ2v) is 4.81. The fourth-order valence-electron chi connectivity index (χ4n) is 2.15. The Morgan fingerprint density at radius 3 is 2.94 bits per heavy atom. The lowest BCUT2D eigenvalue weighted by Gasteiger charge is -2.35. The molecule has 1 aromatic heterocycles. The molecule has 18 heavy (non-hydrogen) atoms. The molecule has 0 saturated carbocycles. The highest BCUT2D eigenvalue weighted by atomic mass is 16.5. The number of aromatic nitrogens is 2. The van der Waals surface area contributed by atoms with Crippen molar-refractivity contribution in [2.24, 2.45) is 0 Å². The van der Waals surface area contributed by atoms with Crippen LogP contribution in [0.5, 0.6) is 0 Å². The van der Waals surface area contributed by atoms with Gasteiger partial charge in [-0.3, -0.25) is 14.3 Å². The van der Waals surface area contributed by atoms with Crippen LogP contribution in [0.2, 0.25) is 0 Å². The average Bonchev–Trinajstić information content (AvgIpc) is 2.34. The fourth-order valence-corrected chi connectivity index (χ4v) is 2.15. The highest BCUT2D eigenvalue weighted by Gasteiger charge is 2.23. The maximum Gasteiger partial charge on any atom is 0.328 e. The minimum atomic E-state index is -0.382. The van der Waals surface area contributed by atoms with Crippen molar-refractivity contribution < 1.29 is 4.74 Å². The van der Waals surface area contributed by atoms with Gasteiger partial charge in [0.2, 0.25) is 0 Å². The summed E-state index contributed by atoms with van der Waals surface area (Å²) in [7, 11) is 0. The largest absolute Gasteiger partial charge is 0.374 e. The van der Waals surface area contributed by atoms with Crippen molar-refractivity contribution in [1.29, 1.82) is 0 Å². The molecule has 0 spiro atoms. The topological polar surface area (TPSA) is 67.3 Å². The molecule has 0 aromatic carbocycles. The lowest BCUT2D eigenvalue weighted by molar-refractivity contribution is -0.0464. The SMILES string of the molecule is CC(C)N1CCOC(Cn2c(=O)cc[nH]c2=O)C1. The average molecular weight is 253 g/mol. The van der Waals surface area contributed by atoms with E-state index in [0.717, 1.165) is 13.1 Å². The van der Waals surface area contributed by atoms with Crippen molar-refractivity contribution in [2.45, 2.75) is 32.5 Å². The van der Waals surface area contributed by atoms with Crippen LogP contribution in [0.4, 0.5) is 0 Å². The summed E-state index contributed by atoms with van der Waals surface area (Å²) in [5.41, 5.74) is -0.670. The number of hydrogen-bond acceptors (Lipinski definition) is 4. The molecule has 2 rings (SSSR count). The first-order valence-corrected chi connectivity index (χ1v) is 6.22. The summed E-state index contributed by atoms with van der Waals surface area (Å²) in [5.74, 6) is 0. The molecule has 6 nitrogen and oxygen atoms in total. The number of H-pyrrole nitrogens is 1. The van der Waals surface area contributed by atoms with Gasteiger partial charge in [-0.1, -0.05) is 0 Å². The monoisotopic (exact) mass is 253 g/mol. The molecule has 6 heteroatoms. The van der Waals surface area contributed by atoms with Gasteiger partial charge in [0.25, 0.3) is 5.56 Å². The van der Waals surface area contributed by atoms with Crippen molar-refractivity contribution >= 4 is 0 Å². The highest BCUT2D eigenvalue weighted by molar-refractivity contribution is 4.85. The van der Waals surface area contributed by atoms with Crippen LogP contribution >= 0.6 is 0 Å². The van der Waals surface area contributed by atoms with E-state index in [-0.39, 0.29) is 17.4 Å². The first kappa shape index (κ1) is 13.0. The van der Waals surface area contributed by atoms with Crippen LogP contribution in [0.1, 0.15) is 13.8 Å². The van der Waals surface area contributed by atoms with Crippen LogP contribution in [0.15, 0.2) is 21.9 Å². The zero-order valence-electron chi connectivity index (χ0n) is 10.8. The van der Waals surface area contributed by atoms with Crippen LogP contribution in [-0.2, 0) is 11.3 Å². The van der Waals surface area contributed by atoms with Crippen molar-refractivity contribution in [3.8, 4) is 0 Å². The third-order valence-corrected chi connectivity index (χ3v) is 3.23. The van der Waals surface area contributed by atoms with Crippen LogP contribution in [-0.4, -0.2) is 46.3 Å². The molecule has 100 valence electrons. The molecule has 1 aliphatic heterocycles. The molecule has 0 amide bonds. The van der Waals surface area contributed by atoms with E-state index in [2.05, 4.69) is 23.7 Å². The quantitative estimate of drug-likeness (QED) is 0.799. The van der Waals surface area contributed by atoms with E-state index in [1.54, 1.807) is 0 Å². The number of nitrogens with one attached hydrogen (secondary N) is 1. The predicted octanol–water partition coefficient (Wildman–Crippen LogP) is -0.354. The molecular weight excluding hydrogens is 234 g/mol. The number of rotatable bonds is 3. The molecule has 0 bridgehead atoms. The Morgan fingerprint density at radius 1 is 1.50 bits per heavy atom. The van der Waals surface area contributed by atoms with E-state index in [1.807, 2.05) is 0 Å². The molecule has 1 atom stereocenters. The van der Waals surface area contributed by atoms with E-state index in [1.165, 1.54) is 16.8 Å². The summed E-state index contributed by atoms with van der Waals surface area (Å²) in [6, 6.07) is 1.80. The summed E-state index contributed by atoms with van der Waals surface area (Å²) >= 11 is 0. The second-order valence-electron chi connectivity index (χ2n) is 4.81. The van der Waals surface area contributed by atoms with E-state index >= 15 is 0 Å². The summed E-state index contributed by atoms with van der Waals surface area (Å²) in [6.45, 7) is 6.85. The van der Waals surface area contributed by atoms with Crippen LogP contribution in [0.3, 0.4) is 0 Å². The molecule has 1 aliphatic rings. The Morgan fingerprint density at radius 2 is 2.28 bits per heavy atom. The Hall–Kier alpha value is -1.40. The van der Waals surface area contributed by atoms with E-state index in [0.29, 0.717) is 19.2 Å². The lowest BCUT2D eigenvalue weighted by Crippen LogP contribution is -2.49. The Labute approximate surface area is 105 Å². The smallest absolute Gasteiger partial charge is 0.328 e. The molecule has 0 aliphatic carbocycles. The minimum absolute atomic E-state index is 0.109. The number of nitrogens with zero attached hydrogens (tertiary/aromatic N) is 2. The second kappa shape index (κ2) is 5.49. The highest BCUT2D eigenvalue weighted by Crippen LogP contribution is 2.09. The zero-order chi connectivity index (χ0) is 13.1. The van der Waals surface area contributed by atoms with Gasteiger partial charge in [-0.05, 0) is 13.8 Å². The molecule has 1 fully saturated rings. The Kier molecular flexibility index (Phi) is 3.98. The van der Waals surface area contributed by atoms with E-state index < -0.39 is 0 Å². The summed E-state index contributed by atoms with van der Waals surface area (Å²) < 4.78 is 6.81. The summed E-state index contributed by atoms with van der Waals surface area (Å²) in [5, 5.41) is 0. The van der Waals surface area contributed by atoms with E-state index in [9.17, 15) is 9.59 Å². The van der Waals surface area contributed by atoms with Gasteiger partial charge in [-0.15, -0.1) is 0 Å². The van der Waals surface area contributed by atoms with E-state index in [4.69, 9.17) is 4.74 Å². The van der Waals surface area contributed by atoms with Crippen molar-refractivity contribution in [3.63, 3.8) is 0 Å². The number of morpholine rings is 1. The summed E-state index contributed by atoms with van der Waals surface area (Å²) in [6.07, 6.45) is 1.26. The van der Waals surface area contributed by atoms with Crippen molar-refractivity contribution in [1.82, 2.24) is 14.5 Å². The van der Waals surface area contributed by atoms with Gasteiger partial charge in [-0.25, -0.2) is 4.79 Å². The first-order chi connectivity index (χ1) is 8.58. The Bertz CT molecular complexity index is 478. The molecule has 1 saturated heterocycles. The van der Waals surface area contributed by atoms with Gasteiger partial charge < -0.3 is 9.72 Å². The standard InChI is InChI=1S/C12H19N3O3/c1-9(2)14-5-6-18-10(7-14)8-15-11(16)3-4-13-12(15)17/h3-4,9-10H,5-8H2,1-2H3,(H,13,17). The van der Waals surface area contributed by atoms with Crippen LogP contribution in [0, 0.1) is 0 Å². The Balaban J connectivity index is 2.10. The fraction of sp³-hybridized carbons (Fsp3) is 0.667. The number of ether oxygens (including phenoxy) is 1. The third kappa shape index (κ3) is 2.88. The normalized spacial score (nSPS) is 21.4. The first-order valence-electron chi connectivity index (χ1n) is 6.22. The van der Waals surface area contributed by atoms with Crippen molar-refractivity contribution in [3.05, 3.63) is 33.1 Å². The molecule has 1 aromatic rings. The van der Waals surface area contributed by atoms with Gasteiger partial charge in [0.1, 0.15) is 0 Å². The predicted molar refractivity (Wildman–Crippen MR) is 67.8 cm³/mol. The van der Waals surface area contributed by atoms with Crippen LogP contribution < -0.4 is 11.2 Å². The molecular formula is C12H19N3O3. The van der Waals surface area contributed by atoms with Crippen LogP contribution in [0.25, 0.3) is 0 Å². The minimum Gasteiger partial charge on any atom is -0.374 e. The number of aromatic amines is 1. The van der Waals surface area contributed by atoms with Gasteiger partial charge in [-0.2, -0.15) is 0 Å². The number of hydrogen-bond donors (Lipinski definition) is 1. The van der Waals surface area contributed by atoms with Crippen molar-refractivity contribution in [2.75, 3.05) is 19.7 Å². The lowest BCUT2D eigenvalue weighted by atomic mass is 10.2. The van der Waals surface area contributed by atoms with Gasteiger partial charge in [0.05, 0.1) is 19.3 Å². The summed E-state index contributed by atoms with van der Waals surface area (Å²) in [4.78, 5) is 28.0. The van der Waals surface area contributed by atoms with Gasteiger partial charge in [0.15, 0.2) is 0 Å². The molecule has 1 unspecified atom stereocenters. The maximum atomic E-state index is 11.6. The molecule has 0 radical (unpaired) electrons. The van der Waals surface area contributed by atoms with Gasteiger partial charge >= 0.3 is 5.69 Å². The third-order valence-electron chi connectivity index (χ3n) is 3.23. The molecule has 1 N–H and O–H groups in total.